The number of para-hydroxylation sites is 1. The molecule has 1 aromatic heterocycles. The maximum atomic E-state index is 5.60. The van der Waals surface area contributed by atoms with Gasteiger partial charge in [0.05, 0.1) is 12.2 Å². The summed E-state index contributed by atoms with van der Waals surface area (Å²) in [5, 5.41) is 4.87. The Labute approximate surface area is 97.0 Å². The Bertz CT molecular complexity index is 524. The predicted molar refractivity (Wildman–Crippen MR) is 61.2 cm³/mol. The molecule has 4 nitrogen and oxygen atoms in total. The molecule has 0 amide bonds. The molecule has 1 aliphatic heterocycles. The fourth-order valence-electron chi connectivity index (χ4n) is 1.51. The first kappa shape index (κ1) is 9.59. The van der Waals surface area contributed by atoms with Gasteiger partial charge in [-0.25, -0.2) is 0 Å². The van der Waals surface area contributed by atoms with Gasteiger partial charge in [0.15, 0.2) is 17.2 Å². The number of rotatable bonds is 4. The van der Waals surface area contributed by atoms with Crippen LogP contribution in [0.3, 0.4) is 0 Å². The summed E-state index contributed by atoms with van der Waals surface area (Å²) in [7, 11) is 0. The van der Waals surface area contributed by atoms with E-state index in [1.165, 1.54) is 11.5 Å². The van der Waals surface area contributed by atoms with Gasteiger partial charge in [0, 0.05) is 11.5 Å². The molecule has 0 unspecified atom stereocenters. The van der Waals surface area contributed by atoms with Crippen LogP contribution < -0.4 is 9.47 Å². The zero-order valence-corrected chi connectivity index (χ0v) is 9.58. The fraction of sp³-hybridized carbons (Fsp3) is 0.273. The van der Waals surface area contributed by atoms with Gasteiger partial charge in [-0.15, -0.1) is 5.10 Å². The highest BCUT2D eigenvalue weighted by atomic mass is 32.1. The van der Waals surface area contributed by atoms with Gasteiger partial charge in [-0.2, -0.15) is 0 Å². The van der Waals surface area contributed by atoms with Crippen molar-refractivity contribution in [3.8, 4) is 27.8 Å². The molecule has 0 fully saturated rings. The topological polar surface area (TPSA) is 47.5 Å². The van der Waals surface area contributed by atoms with Crippen LogP contribution in [0.5, 0.6) is 16.6 Å². The molecule has 3 rings (SSSR count). The van der Waals surface area contributed by atoms with E-state index >= 15 is 0 Å². The molecule has 0 aliphatic carbocycles. The monoisotopic (exact) mass is 234 g/mol. The third kappa shape index (κ3) is 1.53. The Hall–Kier alpha value is -1.62. The van der Waals surface area contributed by atoms with E-state index in [9.17, 15) is 0 Å². The van der Waals surface area contributed by atoms with Crippen LogP contribution in [0, 0.1) is 0 Å². The van der Waals surface area contributed by atoms with Crippen molar-refractivity contribution in [3.63, 3.8) is 0 Å². The Morgan fingerprint density at radius 3 is 3.25 bits per heavy atom. The van der Waals surface area contributed by atoms with E-state index in [0.717, 1.165) is 34.2 Å². The molecule has 0 bridgehead atoms. The van der Waals surface area contributed by atoms with Crippen molar-refractivity contribution < 1.29 is 9.47 Å². The number of benzene rings is 1. The van der Waals surface area contributed by atoms with E-state index < -0.39 is 0 Å². The van der Waals surface area contributed by atoms with Crippen LogP contribution >= 0.6 is 11.5 Å². The molecular formula is C11H10N2O2S. The Kier molecular flexibility index (Phi) is 2.25. The molecule has 2 heterocycles. The van der Waals surface area contributed by atoms with Gasteiger partial charge in [0.2, 0.25) is 5.06 Å². The van der Waals surface area contributed by atoms with Crippen molar-refractivity contribution in [3.05, 3.63) is 18.2 Å². The van der Waals surface area contributed by atoms with Gasteiger partial charge in [-0.05, 0) is 18.6 Å². The van der Waals surface area contributed by atoms with E-state index in [1.807, 2.05) is 18.2 Å². The van der Waals surface area contributed by atoms with Crippen molar-refractivity contribution in [2.24, 2.45) is 0 Å². The maximum Gasteiger partial charge on any atom is 0.222 e. The first-order valence-electron chi connectivity index (χ1n) is 5.16. The highest BCUT2D eigenvalue weighted by Crippen LogP contribution is 2.53. The quantitative estimate of drug-likeness (QED) is 0.651. The zero-order valence-electron chi connectivity index (χ0n) is 8.77. The summed E-state index contributed by atoms with van der Waals surface area (Å²) in [4.78, 5) is 0. The number of ether oxygens (including phenoxy) is 2. The molecule has 0 saturated carbocycles. The first-order valence-corrected chi connectivity index (χ1v) is 5.94. The molecule has 1 aliphatic rings. The summed E-state index contributed by atoms with van der Waals surface area (Å²) in [5.74, 6) is 1.82. The third-order valence-electron chi connectivity index (χ3n) is 2.30. The van der Waals surface area contributed by atoms with Gasteiger partial charge < -0.3 is 9.47 Å². The Balaban J connectivity index is 1.95. The molecule has 0 spiro atoms. The van der Waals surface area contributed by atoms with Crippen LogP contribution in [-0.4, -0.2) is 16.2 Å². The van der Waals surface area contributed by atoms with Crippen LogP contribution in [0.2, 0.25) is 0 Å². The van der Waals surface area contributed by atoms with Crippen LogP contribution in [0.15, 0.2) is 18.2 Å². The van der Waals surface area contributed by atoms with E-state index in [2.05, 4.69) is 16.5 Å². The van der Waals surface area contributed by atoms with Crippen LogP contribution in [0.1, 0.15) is 13.3 Å². The van der Waals surface area contributed by atoms with Crippen molar-refractivity contribution in [2.45, 2.75) is 13.3 Å². The van der Waals surface area contributed by atoms with Gasteiger partial charge >= 0.3 is 0 Å². The minimum absolute atomic E-state index is 0.687. The maximum absolute atomic E-state index is 5.60. The fourth-order valence-corrected chi connectivity index (χ4v) is 2.08. The van der Waals surface area contributed by atoms with Gasteiger partial charge in [-0.1, -0.05) is 17.5 Å². The average Bonchev–Trinajstić information content (AvgIpc) is 2.96. The molecule has 1 aromatic carbocycles. The lowest BCUT2D eigenvalue weighted by atomic mass is 10.2. The smallest absolute Gasteiger partial charge is 0.222 e. The van der Waals surface area contributed by atoms with Crippen LogP contribution in [0.4, 0.5) is 0 Å². The average molecular weight is 234 g/mol. The number of hydrogen-bond donors (Lipinski definition) is 0. The summed E-state index contributed by atoms with van der Waals surface area (Å²) in [6, 6.07) is 5.86. The second kappa shape index (κ2) is 3.75. The number of aromatic nitrogens is 2. The van der Waals surface area contributed by atoms with E-state index in [1.54, 1.807) is 0 Å². The summed E-state index contributed by atoms with van der Waals surface area (Å²) in [5.41, 5.74) is 1.75. The molecule has 2 aromatic rings. The molecular weight excluding hydrogens is 224 g/mol. The molecule has 16 heavy (non-hydrogen) atoms. The normalized spacial score (nSPS) is 11.8. The first-order chi connectivity index (χ1) is 7.90. The number of hydrogen-bond acceptors (Lipinski definition) is 5. The highest BCUT2D eigenvalue weighted by molar-refractivity contribution is 7.08. The van der Waals surface area contributed by atoms with Crippen molar-refractivity contribution >= 4 is 11.5 Å². The van der Waals surface area contributed by atoms with Crippen molar-refractivity contribution in [1.29, 1.82) is 0 Å². The third-order valence-corrected chi connectivity index (χ3v) is 2.94. The highest BCUT2D eigenvalue weighted by Gasteiger charge is 2.28. The van der Waals surface area contributed by atoms with Crippen LogP contribution in [0.25, 0.3) is 11.3 Å². The lowest BCUT2D eigenvalue weighted by Crippen LogP contribution is -1.94. The second-order valence-electron chi connectivity index (χ2n) is 3.49. The summed E-state index contributed by atoms with van der Waals surface area (Å²) in [6.07, 6.45) is 0.973. The Morgan fingerprint density at radius 2 is 2.38 bits per heavy atom. The van der Waals surface area contributed by atoms with E-state index in [-0.39, 0.29) is 0 Å². The van der Waals surface area contributed by atoms with Crippen molar-refractivity contribution in [2.75, 3.05) is 6.61 Å². The lowest BCUT2D eigenvalue weighted by Gasteiger charge is -2.01. The Morgan fingerprint density at radius 1 is 1.44 bits per heavy atom. The van der Waals surface area contributed by atoms with Gasteiger partial charge in [0.1, 0.15) is 0 Å². The predicted octanol–water partition coefficient (Wildman–Crippen LogP) is 3.10. The molecule has 0 saturated heterocycles. The summed E-state index contributed by atoms with van der Waals surface area (Å²) in [6.45, 7) is 2.76. The minimum Gasteiger partial charge on any atom is -0.481 e. The number of nitrogens with zero attached hydrogens (tertiary/aromatic N) is 2. The largest absolute Gasteiger partial charge is 0.481 e. The zero-order chi connectivity index (χ0) is 11.0. The molecule has 5 heteroatoms. The molecule has 0 N–H and O–H groups in total. The van der Waals surface area contributed by atoms with Gasteiger partial charge in [0.25, 0.3) is 0 Å². The summed E-state index contributed by atoms with van der Waals surface area (Å²) >= 11 is 1.28. The SMILES string of the molecule is CCCOc1snnc1-c1cccc2c1O2. The molecule has 0 atom stereocenters. The number of fused-ring (bicyclic) bond motifs is 1. The second-order valence-corrected chi connectivity index (χ2v) is 4.21. The van der Waals surface area contributed by atoms with E-state index in [4.69, 9.17) is 9.47 Å². The summed E-state index contributed by atoms with van der Waals surface area (Å²) < 4.78 is 14.9. The molecule has 0 radical (unpaired) electrons. The lowest BCUT2D eigenvalue weighted by molar-refractivity contribution is 0.327. The minimum atomic E-state index is 0.687. The standard InChI is InChI=1S/C11H10N2O2S/c1-2-6-14-11-9(12-13-16-11)7-4-3-5-8-10(7)15-8/h3-5H,2,6H2,1H3. The van der Waals surface area contributed by atoms with E-state index in [0.29, 0.717) is 6.61 Å². The molecule has 82 valence electrons. The van der Waals surface area contributed by atoms with Crippen LogP contribution in [-0.2, 0) is 0 Å². The van der Waals surface area contributed by atoms with Crippen molar-refractivity contribution in [1.82, 2.24) is 9.59 Å². The van der Waals surface area contributed by atoms with Gasteiger partial charge in [-0.3, -0.25) is 0 Å².